The van der Waals surface area contributed by atoms with Crippen LogP contribution in [0.2, 0.25) is 10.0 Å². The van der Waals surface area contributed by atoms with E-state index in [2.05, 4.69) is 36.5 Å². The van der Waals surface area contributed by atoms with Gasteiger partial charge in [-0.1, -0.05) is 53.0 Å². The summed E-state index contributed by atoms with van der Waals surface area (Å²) in [4.78, 5) is 13.5. The molecule has 0 aliphatic carbocycles. The van der Waals surface area contributed by atoms with Crippen molar-refractivity contribution in [2.45, 2.75) is 26.4 Å². The van der Waals surface area contributed by atoms with E-state index >= 15 is 0 Å². The minimum Gasteiger partial charge on any atom is -0.324 e. The number of carbonyl (C=O) groups excluding carboxylic acids is 1. The van der Waals surface area contributed by atoms with E-state index in [1.807, 2.05) is 14.0 Å². The fraction of sp³-hybridized carbons (Fsp3) is 0.278. The maximum absolute atomic E-state index is 12.4. The van der Waals surface area contributed by atoms with E-state index in [-0.39, 0.29) is 11.9 Å². The molecule has 0 aromatic heterocycles. The first-order chi connectivity index (χ1) is 10.9. The Labute approximate surface area is 147 Å². The number of nitrogens with one attached hydrogen (secondary N) is 2. The third-order valence-corrected chi connectivity index (χ3v) is 4.47. The number of carbonyl (C=O) groups is 1. The van der Waals surface area contributed by atoms with Crippen LogP contribution in [-0.2, 0) is 11.3 Å². The molecular formula is C18H21Cl2N2O+. The Morgan fingerprint density at radius 1 is 1.17 bits per heavy atom. The van der Waals surface area contributed by atoms with Crippen LogP contribution in [0.1, 0.15) is 18.1 Å². The summed E-state index contributed by atoms with van der Waals surface area (Å²) in [6.45, 7) is 4.75. The molecule has 122 valence electrons. The Balaban J connectivity index is 1.99. The molecule has 0 fully saturated rings. The molecule has 0 spiro atoms. The average molecular weight is 352 g/mol. The molecule has 3 nitrogen and oxygen atoms in total. The van der Waals surface area contributed by atoms with Gasteiger partial charge in [0.1, 0.15) is 6.54 Å². The van der Waals surface area contributed by atoms with Crippen molar-refractivity contribution in [1.29, 1.82) is 0 Å². The minimum absolute atomic E-state index is 0.0705. The Morgan fingerprint density at radius 2 is 1.83 bits per heavy atom. The molecule has 2 aromatic carbocycles. The summed E-state index contributed by atoms with van der Waals surface area (Å²) in [5.74, 6) is -0.0705. The Hall–Kier alpha value is -1.55. The van der Waals surface area contributed by atoms with Gasteiger partial charge in [0.15, 0.2) is 6.04 Å². The van der Waals surface area contributed by atoms with Crippen LogP contribution in [0, 0.1) is 6.92 Å². The zero-order valence-electron chi connectivity index (χ0n) is 13.5. The van der Waals surface area contributed by atoms with Crippen molar-refractivity contribution < 1.29 is 9.69 Å². The number of benzene rings is 2. The summed E-state index contributed by atoms with van der Waals surface area (Å²) in [5, 5.41) is 3.85. The standard InChI is InChI=1S/C18H20Cl2N2O/c1-12-4-6-14(7-5-12)11-22(3)13(2)18(23)21-17-9-8-15(19)10-16(17)20/h4-10,13H,11H2,1-3H3,(H,21,23)/p+1/t13-/m1/s1. The highest BCUT2D eigenvalue weighted by Crippen LogP contribution is 2.25. The lowest BCUT2D eigenvalue weighted by Crippen LogP contribution is -3.12. The number of hydrogen-bond donors (Lipinski definition) is 2. The molecule has 1 unspecified atom stereocenters. The molecule has 0 heterocycles. The van der Waals surface area contributed by atoms with Crippen molar-refractivity contribution in [1.82, 2.24) is 0 Å². The van der Waals surface area contributed by atoms with Gasteiger partial charge < -0.3 is 10.2 Å². The van der Waals surface area contributed by atoms with Crippen LogP contribution in [0.25, 0.3) is 0 Å². The molecule has 0 saturated heterocycles. The van der Waals surface area contributed by atoms with Crippen LogP contribution < -0.4 is 10.2 Å². The van der Waals surface area contributed by atoms with Gasteiger partial charge in [0, 0.05) is 10.6 Å². The van der Waals surface area contributed by atoms with Crippen molar-refractivity contribution in [2.75, 3.05) is 12.4 Å². The second kappa shape index (κ2) is 7.82. The SMILES string of the molecule is Cc1ccc(C[NH+](C)[C@H](C)C(=O)Nc2ccc(Cl)cc2Cl)cc1. The molecule has 0 bridgehead atoms. The maximum Gasteiger partial charge on any atom is 0.282 e. The number of aryl methyl sites for hydroxylation is 1. The molecule has 2 aromatic rings. The first kappa shape index (κ1) is 17.8. The van der Waals surface area contributed by atoms with Gasteiger partial charge in [-0.25, -0.2) is 0 Å². The van der Waals surface area contributed by atoms with Gasteiger partial charge in [0.25, 0.3) is 5.91 Å². The highest BCUT2D eigenvalue weighted by atomic mass is 35.5. The van der Waals surface area contributed by atoms with Gasteiger partial charge in [0.2, 0.25) is 0 Å². The number of amides is 1. The Morgan fingerprint density at radius 3 is 2.43 bits per heavy atom. The monoisotopic (exact) mass is 351 g/mol. The molecule has 2 atom stereocenters. The van der Waals surface area contributed by atoms with E-state index in [1.54, 1.807) is 18.2 Å². The lowest BCUT2D eigenvalue weighted by Gasteiger charge is -2.21. The van der Waals surface area contributed by atoms with Crippen molar-refractivity contribution >= 4 is 34.8 Å². The van der Waals surface area contributed by atoms with Gasteiger partial charge in [0.05, 0.1) is 17.8 Å². The van der Waals surface area contributed by atoms with E-state index in [4.69, 9.17) is 23.2 Å². The Kier molecular flexibility index (Phi) is 6.05. The molecular weight excluding hydrogens is 331 g/mol. The fourth-order valence-corrected chi connectivity index (χ4v) is 2.69. The summed E-state index contributed by atoms with van der Waals surface area (Å²) < 4.78 is 0. The van der Waals surface area contributed by atoms with Gasteiger partial charge in [-0.05, 0) is 32.0 Å². The van der Waals surface area contributed by atoms with Gasteiger partial charge in [-0.2, -0.15) is 0 Å². The molecule has 23 heavy (non-hydrogen) atoms. The number of hydrogen-bond acceptors (Lipinski definition) is 1. The minimum atomic E-state index is -0.206. The number of halogens is 2. The molecule has 1 amide bonds. The number of rotatable bonds is 5. The zero-order chi connectivity index (χ0) is 17.0. The average Bonchev–Trinajstić information content (AvgIpc) is 2.51. The summed E-state index contributed by atoms with van der Waals surface area (Å²) in [6, 6.07) is 13.2. The summed E-state index contributed by atoms with van der Waals surface area (Å²) in [7, 11) is 2.01. The van der Waals surface area contributed by atoms with Gasteiger partial charge in [-0.3, -0.25) is 4.79 Å². The van der Waals surface area contributed by atoms with Crippen molar-refractivity contribution in [2.24, 2.45) is 0 Å². The van der Waals surface area contributed by atoms with Crippen LogP contribution >= 0.6 is 23.2 Å². The lowest BCUT2D eigenvalue weighted by molar-refractivity contribution is -0.907. The van der Waals surface area contributed by atoms with Crippen molar-refractivity contribution in [3.05, 3.63) is 63.6 Å². The molecule has 5 heteroatoms. The summed E-state index contributed by atoms with van der Waals surface area (Å²) in [6.07, 6.45) is 0. The van der Waals surface area contributed by atoms with Crippen LogP contribution in [0.4, 0.5) is 5.69 Å². The van der Waals surface area contributed by atoms with E-state index in [1.165, 1.54) is 11.1 Å². The first-order valence-corrected chi connectivity index (χ1v) is 8.26. The third-order valence-electron chi connectivity index (χ3n) is 3.93. The van der Waals surface area contributed by atoms with Crippen molar-refractivity contribution in [3.63, 3.8) is 0 Å². The van der Waals surface area contributed by atoms with Crippen LogP contribution in [-0.4, -0.2) is 19.0 Å². The topological polar surface area (TPSA) is 33.5 Å². The summed E-state index contributed by atoms with van der Waals surface area (Å²) in [5.41, 5.74) is 3.02. The molecule has 0 aliphatic rings. The fourth-order valence-electron chi connectivity index (χ4n) is 2.24. The molecule has 0 aliphatic heterocycles. The van der Waals surface area contributed by atoms with Gasteiger partial charge >= 0.3 is 0 Å². The predicted molar refractivity (Wildman–Crippen MR) is 96.3 cm³/mol. The molecule has 0 radical (unpaired) electrons. The molecule has 0 saturated carbocycles. The number of likely N-dealkylation sites (N-methyl/N-ethyl adjacent to an activating group) is 1. The molecule has 2 N–H and O–H groups in total. The second-order valence-electron chi connectivity index (χ2n) is 5.84. The van der Waals surface area contributed by atoms with E-state index in [0.717, 1.165) is 11.4 Å². The van der Waals surface area contributed by atoms with E-state index in [0.29, 0.717) is 15.7 Å². The summed E-state index contributed by atoms with van der Waals surface area (Å²) >= 11 is 12.0. The highest BCUT2D eigenvalue weighted by Gasteiger charge is 2.22. The third kappa shape index (κ3) is 4.96. The zero-order valence-corrected chi connectivity index (χ0v) is 15.0. The molecule has 2 rings (SSSR count). The normalized spacial score (nSPS) is 13.4. The first-order valence-electron chi connectivity index (χ1n) is 7.50. The van der Waals surface area contributed by atoms with Crippen LogP contribution in [0.5, 0.6) is 0 Å². The largest absolute Gasteiger partial charge is 0.324 e. The van der Waals surface area contributed by atoms with Gasteiger partial charge in [-0.15, -0.1) is 0 Å². The highest BCUT2D eigenvalue weighted by molar-refractivity contribution is 6.36. The number of anilines is 1. The lowest BCUT2D eigenvalue weighted by atomic mass is 10.1. The second-order valence-corrected chi connectivity index (χ2v) is 6.69. The smallest absolute Gasteiger partial charge is 0.282 e. The predicted octanol–water partition coefficient (Wildman–Crippen LogP) is 3.34. The quantitative estimate of drug-likeness (QED) is 0.850. The Bertz CT molecular complexity index is 686. The van der Waals surface area contributed by atoms with E-state index < -0.39 is 0 Å². The van der Waals surface area contributed by atoms with Crippen molar-refractivity contribution in [3.8, 4) is 0 Å². The number of quaternary nitrogens is 1. The van der Waals surface area contributed by atoms with Crippen LogP contribution in [0.15, 0.2) is 42.5 Å². The van der Waals surface area contributed by atoms with E-state index in [9.17, 15) is 4.79 Å². The van der Waals surface area contributed by atoms with Crippen LogP contribution in [0.3, 0.4) is 0 Å². The maximum atomic E-state index is 12.4.